The third-order valence-corrected chi connectivity index (χ3v) is 4.80. The second-order valence-electron chi connectivity index (χ2n) is 6.41. The van der Waals surface area contributed by atoms with Crippen molar-refractivity contribution in [1.29, 1.82) is 0 Å². The van der Waals surface area contributed by atoms with Gasteiger partial charge in [0.1, 0.15) is 0 Å². The van der Waals surface area contributed by atoms with Crippen LogP contribution in [0.15, 0.2) is 48.5 Å². The molecule has 0 fully saturated rings. The van der Waals surface area contributed by atoms with Crippen molar-refractivity contribution in [3.05, 3.63) is 65.2 Å². The topological polar surface area (TPSA) is 72.6 Å². The Kier molecular flexibility index (Phi) is 4.74. The number of carbonyl (C=O) groups is 2. The monoisotopic (exact) mass is 338 g/mol. The van der Waals surface area contributed by atoms with Crippen molar-refractivity contribution in [2.75, 3.05) is 12.0 Å². The molecule has 130 valence electrons. The zero-order valence-electron chi connectivity index (χ0n) is 14.4. The minimum Gasteiger partial charge on any atom is -0.465 e. The number of hydrogen-bond donors (Lipinski definition) is 1. The van der Waals surface area contributed by atoms with Crippen molar-refractivity contribution in [1.82, 2.24) is 0 Å². The largest absolute Gasteiger partial charge is 0.465 e. The van der Waals surface area contributed by atoms with E-state index in [4.69, 9.17) is 10.5 Å². The molecule has 1 aliphatic rings. The first-order valence-electron chi connectivity index (χ1n) is 8.33. The maximum Gasteiger partial charge on any atom is 0.337 e. The predicted molar refractivity (Wildman–Crippen MR) is 96.4 cm³/mol. The van der Waals surface area contributed by atoms with E-state index in [-0.39, 0.29) is 23.8 Å². The standard InChI is InChI=1S/C20H22N2O3/c1-13-11-17(19(21)23)16-5-3-4-6-18(16)22(13)12-14-7-9-15(10-8-14)20(24)25-2/h3-10,13,17H,11-12H2,1-2H3,(H2,21,23). The van der Waals surface area contributed by atoms with Crippen molar-refractivity contribution < 1.29 is 14.3 Å². The molecule has 25 heavy (non-hydrogen) atoms. The zero-order valence-corrected chi connectivity index (χ0v) is 14.4. The number of anilines is 1. The van der Waals surface area contributed by atoms with Crippen molar-refractivity contribution in [2.45, 2.75) is 31.8 Å². The van der Waals surface area contributed by atoms with Gasteiger partial charge in [-0.1, -0.05) is 30.3 Å². The van der Waals surface area contributed by atoms with Crippen LogP contribution in [0.3, 0.4) is 0 Å². The molecule has 0 bridgehead atoms. The van der Waals surface area contributed by atoms with E-state index in [0.29, 0.717) is 18.5 Å². The average molecular weight is 338 g/mol. The molecule has 1 heterocycles. The van der Waals surface area contributed by atoms with Gasteiger partial charge in [0.15, 0.2) is 0 Å². The average Bonchev–Trinajstić information content (AvgIpc) is 2.63. The third-order valence-electron chi connectivity index (χ3n) is 4.80. The molecule has 2 atom stereocenters. The summed E-state index contributed by atoms with van der Waals surface area (Å²) >= 11 is 0. The summed E-state index contributed by atoms with van der Waals surface area (Å²) in [5.74, 6) is -0.863. The highest BCUT2D eigenvalue weighted by Gasteiger charge is 2.32. The van der Waals surface area contributed by atoms with Gasteiger partial charge >= 0.3 is 5.97 Å². The van der Waals surface area contributed by atoms with Crippen LogP contribution in [0.1, 0.15) is 40.7 Å². The summed E-state index contributed by atoms with van der Waals surface area (Å²) in [5, 5.41) is 0. The first-order valence-corrected chi connectivity index (χ1v) is 8.33. The van der Waals surface area contributed by atoms with Gasteiger partial charge in [-0.15, -0.1) is 0 Å². The highest BCUT2D eigenvalue weighted by Crippen LogP contribution is 2.38. The Labute approximate surface area is 147 Å². The number of esters is 1. The Balaban J connectivity index is 1.88. The number of para-hydroxylation sites is 1. The van der Waals surface area contributed by atoms with Gasteiger partial charge in [0.05, 0.1) is 18.6 Å². The lowest BCUT2D eigenvalue weighted by atomic mass is 9.85. The molecule has 0 spiro atoms. The molecular formula is C20H22N2O3. The number of carbonyl (C=O) groups excluding carboxylic acids is 2. The molecule has 3 rings (SSSR count). The van der Waals surface area contributed by atoms with Gasteiger partial charge in [-0.3, -0.25) is 4.79 Å². The number of rotatable bonds is 4. The Morgan fingerprint density at radius 1 is 1.16 bits per heavy atom. The van der Waals surface area contributed by atoms with Crippen molar-refractivity contribution in [2.24, 2.45) is 5.73 Å². The second kappa shape index (κ2) is 6.97. The number of amides is 1. The summed E-state index contributed by atoms with van der Waals surface area (Å²) in [6.07, 6.45) is 0.701. The van der Waals surface area contributed by atoms with Crippen LogP contribution in [-0.2, 0) is 16.1 Å². The molecule has 2 unspecified atom stereocenters. The lowest BCUT2D eigenvalue weighted by Gasteiger charge is -2.40. The lowest BCUT2D eigenvalue weighted by Crippen LogP contribution is -2.41. The molecule has 0 saturated heterocycles. The van der Waals surface area contributed by atoms with Crippen LogP contribution in [0, 0.1) is 0 Å². The van der Waals surface area contributed by atoms with Crippen molar-refractivity contribution in [3.8, 4) is 0 Å². The molecule has 0 radical (unpaired) electrons. The molecule has 2 aromatic carbocycles. The normalized spacial score (nSPS) is 19.2. The van der Waals surface area contributed by atoms with E-state index in [9.17, 15) is 9.59 Å². The summed E-state index contributed by atoms with van der Waals surface area (Å²) < 4.78 is 4.73. The number of methoxy groups -OCH3 is 1. The van der Waals surface area contributed by atoms with Gasteiger partial charge in [0, 0.05) is 18.3 Å². The smallest absolute Gasteiger partial charge is 0.337 e. The van der Waals surface area contributed by atoms with E-state index in [1.54, 1.807) is 12.1 Å². The highest BCUT2D eigenvalue weighted by molar-refractivity contribution is 5.89. The number of fused-ring (bicyclic) bond motifs is 1. The third kappa shape index (κ3) is 3.36. The van der Waals surface area contributed by atoms with Gasteiger partial charge in [-0.2, -0.15) is 0 Å². The van der Waals surface area contributed by atoms with Crippen LogP contribution < -0.4 is 10.6 Å². The van der Waals surface area contributed by atoms with E-state index in [1.165, 1.54) is 7.11 Å². The number of hydrogen-bond acceptors (Lipinski definition) is 4. The molecule has 1 amide bonds. The van der Waals surface area contributed by atoms with E-state index in [1.807, 2.05) is 36.4 Å². The SMILES string of the molecule is COC(=O)c1ccc(CN2c3ccccc3C(C(N)=O)CC2C)cc1. The fraction of sp³-hybridized carbons (Fsp3) is 0.300. The molecular weight excluding hydrogens is 316 g/mol. The van der Waals surface area contributed by atoms with Crippen LogP contribution in [0.5, 0.6) is 0 Å². The summed E-state index contributed by atoms with van der Waals surface area (Å²) in [6.45, 7) is 2.81. The van der Waals surface area contributed by atoms with Crippen LogP contribution in [0.2, 0.25) is 0 Å². The predicted octanol–water partition coefficient (Wildman–Crippen LogP) is 2.84. The summed E-state index contributed by atoms with van der Waals surface area (Å²) in [7, 11) is 1.37. The van der Waals surface area contributed by atoms with E-state index >= 15 is 0 Å². The zero-order chi connectivity index (χ0) is 18.0. The van der Waals surface area contributed by atoms with Crippen LogP contribution in [-0.4, -0.2) is 25.0 Å². The fourth-order valence-electron chi connectivity index (χ4n) is 3.45. The van der Waals surface area contributed by atoms with Crippen molar-refractivity contribution in [3.63, 3.8) is 0 Å². The first-order chi connectivity index (χ1) is 12.0. The number of benzene rings is 2. The summed E-state index contributed by atoms with van der Waals surface area (Å²) in [5.41, 5.74) is 9.25. The maximum absolute atomic E-state index is 11.8. The minimum absolute atomic E-state index is 0.188. The van der Waals surface area contributed by atoms with Gasteiger partial charge in [0.2, 0.25) is 5.91 Å². The van der Waals surface area contributed by atoms with Crippen LogP contribution in [0.4, 0.5) is 5.69 Å². The molecule has 1 aliphatic heterocycles. The van der Waals surface area contributed by atoms with Gasteiger partial charge in [0.25, 0.3) is 0 Å². The van der Waals surface area contributed by atoms with Crippen LogP contribution >= 0.6 is 0 Å². The van der Waals surface area contributed by atoms with E-state index in [2.05, 4.69) is 11.8 Å². The van der Waals surface area contributed by atoms with Gasteiger partial charge in [-0.25, -0.2) is 4.79 Å². The number of primary amides is 1. The molecule has 0 aromatic heterocycles. The molecule has 5 heteroatoms. The highest BCUT2D eigenvalue weighted by atomic mass is 16.5. The Hall–Kier alpha value is -2.82. The number of nitrogens with zero attached hydrogens (tertiary/aromatic N) is 1. The lowest BCUT2D eigenvalue weighted by molar-refractivity contribution is -0.119. The molecule has 2 N–H and O–H groups in total. The van der Waals surface area contributed by atoms with Gasteiger partial charge in [-0.05, 0) is 42.7 Å². The van der Waals surface area contributed by atoms with Crippen molar-refractivity contribution >= 4 is 17.6 Å². The van der Waals surface area contributed by atoms with E-state index in [0.717, 1.165) is 16.8 Å². The second-order valence-corrected chi connectivity index (χ2v) is 6.41. The van der Waals surface area contributed by atoms with Crippen LogP contribution in [0.25, 0.3) is 0 Å². The maximum atomic E-state index is 11.8. The minimum atomic E-state index is -0.340. The first kappa shape index (κ1) is 17.0. The molecule has 0 saturated carbocycles. The Morgan fingerprint density at radius 2 is 1.84 bits per heavy atom. The van der Waals surface area contributed by atoms with Gasteiger partial charge < -0.3 is 15.4 Å². The molecule has 5 nitrogen and oxygen atoms in total. The number of nitrogens with two attached hydrogens (primary N) is 1. The Morgan fingerprint density at radius 3 is 2.48 bits per heavy atom. The summed E-state index contributed by atoms with van der Waals surface area (Å²) in [6, 6.07) is 15.5. The number of ether oxygens (including phenoxy) is 1. The molecule has 2 aromatic rings. The Bertz CT molecular complexity index is 786. The quantitative estimate of drug-likeness (QED) is 0.870. The van der Waals surface area contributed by atoms with E-state index < -0.39 is 0 Å². The summed E-state index contributed by atoms with van der Waals surface area (Å²) in [4.78, 5) is 25.7. The molecule has 0 aliphatic carbocycles. The fourth-order valence-corrected chi connectivity index (χ4v) is 3.45.